The molecule has 0 atom stereocenters. The van der Waals surface area contributed by atoms with Crippen molar-refractivity contribution in [1.82, 2.24) is 5.32 Å². The Morgan fingerprint density at radius 2 is 2.19 bits per heavy atom. The smallest absolute Gasteiger partial charge is 0.263 e. The van der Waals surface area contributed by atoms with Crippen molar-refractivity contribution in [1.29, 1.82) is 0 Å². The van der Waals surface area contributed by atoms with Crippen LogP contribution in [0.3, 0.4) is 0 Å². The van der Waals surface area contributed by atoms with Gasteiger partial charge in [0.1, 0.15) is 10.7 Å². The van der Waals surface area contributed by atoms with Gasteiger partial charge >= 0.3 is 0 Å². The minimum atomic E-state index is -0.255. The van der Waals surface area contributed by atoms with Gasteiger partial charge in [0.05, 0.1) is 10.7 Å². The first-order chi connectivity index (χ1) is 10.0. The molecule has 0 aliphatic carbocycles. The number of nitrogens with one attached hydrogen (secondary N) is 1. The van der Waals surface area contributed by atoms with Crippen LogP contribution in [0.5, 0.6) is 0 Å². The fourth-order valence-electron chi connectivity index (χ4n) is 1.99. The van der Waals surface area contributed by atoms with Gasteiger partial charge in [0, 0.05) is 20.1 Å². The average Bonchev–Trinajstić information content (AvgIpc) is 2.81. The fourth-order valence-corrected chi connectivity index (χ4v) is 2.94. The van der Waals surface area contributed by atoms with Crippen molar-refractivity contribution >= 4 is 27.9 Å². The second-order valence-corrected chi connectivity index (χ2v) is 5.75. The number of rotatable bonds is 5. The monoisotopic (exact) mass is 307 g/mol. The highest BCUT2D eigenvalue weighted by atomic mass is 32.1. The van der Waals surface area contributed by atoms with Gasteiger partial charge in [0.2, 0.25) is 0 Å². The number of carbonyl (C=O) groups is 1. The lowest BCUT2D eigenvalue weighted by Gasteiger charge is -2.16. The normalized spacial score (nSPS) is 10.4. The maximum atomic E-state index is 13.2. The molecule has 0 radical (unpaired) electrons. The average molecular weight is 307 g/mol. The standard InChI is InChI=1S/C15H18FN3OS/c1-3-18-15(20)14-12(17)8-13(21-14)19(2)9-10-5-4-6-11(16)7-10/h4-8H,3,9,17H2,1-2H3,(H,18,20). The first kappa shape index (κ1) is 15.3. The van der Waals surface area contributed by atoms with Crippen LogP contribution < -0.4 is 16.0 Å². The van der Waals surface area contributed by atoms with E-state index in [9.17, 15) is 9.18 Å². The van der Waals surface area contributed by atoms with Crippen LogP contribution in [0.1, 0.15) is 22.2 Å². The molecule has 4 nitrogen and oxygen atoms in total. The maximum Gasteiger partial charge on any atom is 0.263 e. The molecule has 2 rings (SSSR count). The Hall–Kier alpha value is -2.08. The molecule has 21 heavy (non-hydrogen) atoms. The third-order valence-electron chi connectivity index (χ3n) is 2.98. The molecule has 0 fully saturated rings. The van der Waals surface area contributed by atoms with Gasteiger partial charge < -0.3 is 16.0 Å². The van der Waals surface area contributed by atoms with E-state index in [1.807, 2.05) is 24.9 Å². The van der Waals surface area contributed by atoms with E-state index in [-0.39, 0.29) is 11.7 Å². The summed E-state index contributed by atoms with van der Waals surface area (Å²) in [6, 6.07) is 8.23. The Labute approximate surface area is 127 Å². The number of hydrogen-bond acceptors (Lipinski definition) is 4. The molecule has 0 aliphatic heterocycles. The zero-order valence-corrected chi connectivity index (χ0v) is 12.8. The van der Waals surface area contributed by atoms with Crippen molar-refractivity contribution in [2.24, 2.45) is 0 Å². The number of nitrogens with zero attached hydrogens (tertiary/aromatic N) is 1. The number of amides is 1. The van der Waals surface area contributed by atoms with Crippen LogP contribution >= 0.6 is 11.3 Å². The van der Waals surface area contributed by atoms with Gasteiger partial charge in [-0.2, -0.15) is 0 Å². The van der Waals surface area contributed by atoms with E-state index >= 15 is 0 Å². The summed E-state index contributed by atoms with van der Waals surface area (Å²) >= 11 is 1.33. The third-order valence-corrected chi connectivity index (χ3v) is 4.24. The third kappa shape index (κ3) is 3.72. The van der Waals surface area contributed by atoms with Crippen molar-refractivity contribution in [3.05, 3.63) is 46.6 Å². The molecule has 0 aliphatic rings. The molecular formula is C15H18FN3OS. The van der Waals surface area contributed by atoms with Crippen LogP contribution in [0.15, 0.2) is 30.3 Å². The van der Waals surface area contributed by atoms with E-state index in [4.69, 9.17) is 5.73 Å². The molecule has 1 amide bonds. The Morgan fingerprint density at radius 3 is 2.86 bits per heavy atom. The van der Waals surface area contributed by atoms with Crippen molar-refractivity contribution < 1.29 is 9.18 Å². The molecule has 112 valence electrons. The van der Waals surface area contributed by atoms with Crippen LogP contribution in [0.25, 0.3) is 0 Å². The summed E-state index contributed by atoms with van der Waals surface area (Å²) in [5, 5.41) is 3.61. The predicted octanol–water partition coefficient (Wildman–Crippen LogP) is 2.86. The number of halogens is 1. The lowest BCUT2D eigenvalue weighted by atomic mass is 10.2. The Morgan fingerprint density at radius 1 is 1.43 bits per heavy atom. The van der Waals surface area contributed by atoms with Gasteiger partial charge in [0.25, 0.3) is 5.91 Å². The number of carbonyl (C=O) groups excluding carboxylic acids is 1. The van der Waals surface area contributed by atoms with Crippen molar-refractivity contribution in [3.8, 4) is 0 Å². The molecule has 3 N–H and O–H groups in total. The van der Waals surface area contributed by atoms with E-state index in [0.717, 1.165) is 10.6 Å². The van der Waals surface area contributed by atoms with Crippen LogP contribution in [0.2, 0.25) is 0 Å². The number of hydrogen-bond donors (Lipinski definition) is 2. The van der Waals surface area contributed by atoms with E-state index in [1.54, 1.807) is 12.1 Å². The number of nitrogens with two attached hydrogens (primary N) is 1. The number of benzene rings is 1. The predicted molar refractivity (Wildman–Crippen MR) is 85.2 cm³/mol. The van der Waals surface area contributed by atoms with Gasteiger partial charge in [0.15, 0.2) is 0 Å². The summed E-state index contributed by atoms with van der Waals surface area (Å²) in [7, 11) is 1.89. The Balaban J connectivity index is 2.14. The lowest BCUT2D eigenvalue weighted by Crippen LogP contribution is -2.22. The zero-order chi connectivity index (χ0) is 15.4. The molecule has 6 heteroatoms. The topological polar surface area (TPSA) is 58.4 Å². The van der Waals surface area contributed by atoms with Crippen molar-refractivity contribution in [3.63, 3.8) is 0 Å². The lowest BCUT2D eigenvalue weighted by molar-refractivity contribution is 0.0960. The molecule has 0 bridgehead atoms. The summed E-state index contributed by atoms with van der Waals surface area (Å²) < 4.78 is 13.2. The molecule has 1 heterocycles. The fraction of sp³-hybridized carbons (Fsp3) is 0.267. The maximum absolute atomic E-state index is 13.2. The summed E-state index contributed by atoms with van der Waals surface area (Å²) in [6.07, 6.45) is 0. The minimum Gasteiger partial charge on any atom is -0.397 e. The van der Waals surface area contributed by atoms with Gasteiger partial charge in [-0.25, -0.2) is 4.39 Å². The Kier molecular flexibility index (Phi) is 4.80. The second kappa shape index (κ2) is 6.58. The molecule has 0 saturated carbocycles. The quantitative estimate of drug-likeness (QED) is 0.893. The molecule has 1 aromatic carbocycles. The molecule has 0 spiro atoms. The summed E-state index contributed by atoms with van der Waals surface area (Å²) in [4.78, 5) is 14.3. The van der Waals surface area contributed by atoms with Gasteiger partial charge in [-0.15, -0.1) is 11.3 Å². The van der Waals surface area contributed by atoms with Gasteiger partial charge in [-0.3, -0.25) is 4.79 Å². The number of anilines is 2. The van der Waals surface area contributed by atoms with E-state index < -0.39 is 0 Å². The summed E-state index contributed by atoms with van der Waals surface area (Å²) in [5.41, 5.74) is 7.22. The molecule has 0 unspecified atom stereocenters. The zero-order valence-electron chi connectivity index (χ0n) is 12.0. The van der Waals surface area contributed by atoms with Crippen molar-refractivity contribution in [2.75, 3.05) is 24.2 Å². The van der Waals surface area contributed by atoms with Crippen LogP contribution in [-0.2, 0) is 6.54 Å². The highest BCUT2D eigenvalue weighted by Crippen LogP contribution is 2.32. The molecular weight excluding hydrogens is 289 g/mol. The molecule has 0 saturated heterocycles. The first-order valence-electron chi connectivity index (χ1n) is 6.64. The largest absolute Gasteiger partial charge is 0.397 e. The van der Waals surface area contributed by atoms with Crippen LogP contribution in [-0.4, -0.2) is 19.5 Å². The van der Waals surface area contributed by atoms with E-state index in [1.165, 1.54) is 23.5 Å². The second-order valence-electron chi connectivity index (χ2n) is 4.71. The highest BCUT2D eigenvalue weighted by molar-refractivity contribution is 7.18. The molecule has 1 aromatic heterocycles. The minimum absolute atomic E-state index is 0.162. The van der Waals surface area contributed by atoms with E-state index in [2.05, 4.69) is 5.32 Å². The first-order valence-corrected chi connectivity index (χ1v) is 7.46. The number of thiophene rings is 1. The van der Waals surface area contributed by atoms with Crippen molar-refractivity contribution in [2.45, 2.75) is 13.5 Å². The molecule has 2 aromatic rings. The Bertz CT molecular complexity index is 642. The number of nitrogen functional groups attached to an aromatic ring is 1. The summed E-state index contributed by atoms with van der Waals surface area (Å²) in [6.45, 7) is 2.97. The van der Waals surface area contributed by atoms with E-state index in [0.29, 0.717) is 23.7 Å². The van der Waals surface area contributed by atoms with Crippen LogP contribution in [0.4, 0.5) is 15.1 Å². The summed E-state index contributed by atoms with van der Waals surface area (Å²) in [5.74, 6) is -0.417. The van der Waals surface area contributed by atoms with Gasteiger partial charge in [-0.05, 0) is 30.7 Å². The van der Waals surface area contributed by atoms with Gasteiger partial charge in [-0.1, -0.05) is 12.1 Å². The van der Waals surface area contributed by atoms with Crippen LogP contribution in [0, 0.1) is 5.82 Å². The SMILES string of the molecule is CCNC(=O)c1sc(N(C)Cc2cccc(F)c2)cc1N. The highest BCUT2D eigenvalue weighted by Gasteiger charge is 2.16.